The number of hydrogen-bond donors (Lipinski definition) is 3. The van der Waals surface area contributed by atoms with Gasteiger partial charge in [0.1, 0.15) is 6.04 Å². The molecule has 0 aromatic heterocycles. The lowest BCUT2D eigenvalue weighted by molar-refractivity contribution is -0.142. The van der Waals surface area contributed by atoms with Crippen molar-refractivity contribution in [3.63, 3.8) is 0 Å². The fraction of sp³-hybridized carbons (Fsp3) is 0.769. The fourth-order valence-electron chi connectivity index (χ4n) is 2.75. The highest BCUT2D eigenvalue weighted by Crippen LogP contribution is 2.09. The van der Waals surface area contributed by atoms with Gasteiger partial charge in [-0.1, -0.05) is 0 Å². The van der Waals surface area contributed by atoms with Crippen LogP contribution in [0.3, 0.4) is 0 Å². The Balaban J connectivity index is 1.82. The zero-order valence-corrected chi connectivity index (χ0v) is 12.0. The first-order valence-electron chi connectivity index (χ1n) is 7.34. The van der Waals surface area contributed by atoms with E-state index in [1.165, 1.54) is 17.7 Å². The standard InChI is InChI=1S/C13H22N4O4/c18-11(19)9-10-12(20)14-4-8-17(10)13(21)15-3-7-16-5-1-2-6-16/h10H,1-9H2,(H,14,20)(H,15,21)(H,18,19). The molecule has 8 heteroatoms. The highest BCUT2D eigenvalue weighted by atomic mass is 16.4. The molecule has 2 fully saturated rings. The molecule has 0 spiro atoms. The number of carboxylic acids is 1. The topological polar surface area (TPSA) is 102 Å². The Hall–Kier alpha value is -1.83. The van der Waals surface area contributed by atoms with Crippen LogP contribution in [-0.2, 0) is 9.59 Å². The second-order valence-corrected chi connectivity index (χ2v) is 5.38. The summed E-state index contributed by atoms with van der Waals surface area (Å²) in [4.78, 5) is 38.3. The molecule has 0 saturated carbocycles. The van der Waals surface area contributed by atoms with Crippen LogP contribution in [0.25, 0.3) is 0 Å². The van der Waals surface area contributed by atoms with Gasteiger partial charge in [-0.05, 0) is 25.9 Å². The Morgan fingerprint density at radius 2 is 2.00 bits per heavy atom. The van der Waals surface area contributed by atoms with Crippen molar-refractivity contribution in [2.45, 2.75) is 25.3 Å². The maximum Gasteiger partial charge on any atom is 0.318 e. The smallest absolute Gasteiger partial charge is 0.318 e. The molecular formula is C13H22N4O4. The number of amides is 3. The number of nitrogens with zero attached hydrogens (tertiary/aromatic N) is 2. The van der Waals surface area contributed by atoms with Gasteiger partial charge in [-0.15, -0.1) is 0 Å². The molecule has 2 rings (SSSR count). The summed E-state index contributed by atoms with van der Waals surface area (Å²) in [6, 6.07) is -1.29. The number of likely N-dealkylation sites (tertiary alicyclic amines) is 1. The minimum atomic E-state index is -1.09. The van der Waals surface area contributed by atoms with Gasteiger partial charge in [-0.25, -0.2) is 4.79 Å². The molecular weight excluding hydrogens is 276 g/mol. The van der Waals surface area contributed by atoms with Crippen molar-refractivity contribution in [3.8, 4) is 0 Å². The summed E-state index contributed by atoms with van der Waals surface area (Å²) in [7, 11) is 0. The second kappa shape index (κ2) is 7.26. The van der Waals surface area contributed by atoms with Crippen molar-refractivity contribution in [3.05, 3.63) is 0 Å². The summed E-state index contributed by atoms with van der Waals surface area (Å²) in [5, 5.41) is 14.2. The van der Waals surface area contributed by atoms with Crippen LogP contribution in [-0.4, -0.2) is 78.1 Å². The van der Waals surface area contributed by atoms with Crippen LogP contribution in [0, 0.1) is 0 Å². The molecule has 8 nitrogen and oxygen atoms in total. The predicted molar refractivity (Wildman–Crippen MR) is 74.8 cm³/mol. The number of nitrogens with one attached hydrogen (secondary N) is 2. The number of urea groups is 1. The zero-order chi connectivity index (χ0) is 15.2. The third-order valence-corrected chi connectivity index (χ3v) is 3.86. The van der Waals surface area contributed by atoms with Crippen molar-refractivity contribution in [2.75, 3.05) is 39.3 Å². The van der Waals surface area contributed by atoms with Gasteiger partial charge in [-0.3, -0.25) is 9.59 Å². The molecule has 0 radical (unpaired) electrons. The number of carboxylic acid groups (broad SMARTS) is 1. The fourth-order valence-corrected chi connectivity index (χ4v) is 2.75. The van der Waals surface area contributed by atoms with Gasteiger partial charge in [0.05, 0.1) is 6.42 Å². The third kappa shape index (κ3) is 4.32. The maximum atomic E-state index is 12.1. The number of carbonyl (C=O) groups excluding carboxylic acids is 2. The minimum absolute atomic E-state index is 0.333. The first-order valence-corrected chi connectivity index (χ1v) is 7.34. The van der Waals surface area contributed by atoms with Gasteiger partial charge < -0.3 is 25.5 Å². The van der Waals surface area contributed by atoms with Crippen LogP contribution in [0.1, 0.15) is 19.3 Å². The molecule has 2 aliphatic heterocycles. The van der Waals surface area contributed by atoms with Crippen LogP contribution in [0.2, 0.25) is 0 Å². The Kier molecular flexibility index (Phi) is 5.38. The molecule has 2 aliphatic rings. The highest BCUT2D eigenvalue weighted by Gasteiger charge is 2.34. The Bertz CT molecular complexity index is 409. The molecule has 2 heterocycles. The molecule has 0 bridgehead atoms. The van der Waals surface area contributed by atoms with Gasteiger partial charge >= 0.3 is 12.0 Å². The molecule has 0 aromatic carbocycles. The Morgan fingerprint density at radius 1 is 1.29 bits per heavy atom. The van der Waals surface area contributed by atoms with Crippen molar-refractivity contribution in [2.24, 2.45) is 0 Å². The quantitative estimate of drug-likeness (QED) is 0.608. The summed E-state index contributed by atoms with van der Waals surface area (Å²) in [6.45, 7) is 4.10. The Morgan fingerprint density at radius 3 is 2.67 bits per heavy atom. The van der Waals surface area contributed by atoms with Crippen LogP contribution < -0.4 is 10.6 Å². The van der Waals surface area contributed by atoms with Gasteiger partial charge in [0.15, 0.2) is 0 Å². The summed E-state index contributed by atoms with van der Waals surface area (Å²) in [5.74, 6) is -1.50. The summed E-state index contributed by atoms with van der Waals surface area (Å²) in [6.07, 6.45) is 2.02. The summed E-state index contributed by atoms with van der Waals surface area (Å²) in [5.41, 5.74) is 0. The molecule has 2 saturated heterocycles. The van der Waals surface area contributed by atoms with E-state index in [9.17, 15) is 14.4 Å². The van der Waals surface area contributed by atoms with Gasteiger partial charge in [0, 0.05) is 26.2 Å². The van der Waals surface area contributed by atoms with E-state index in [4.69, 9.17) is 5.11 Å². The molecule has 118 valence electrons. The maximum absolute atomic E-state index is 12.1. The van der Waals surface area contributed by atoms with Crippen molar-refractivity contribution >= 4 is 17.9 Å². The lowest BCUT2D eigenvalue weighted by Gasteiger charge is -2.34. The molecule has 21 heavy (non-hydrogen) atoms. The van der Waals surface area contributed by atoms with E-state index in [0.29, 0.717) is 19.6 Å². The van der Waals surface area contributed by atoms with E-state index >= 15 is 0 Å². The van der Waals surface area contributed by atoms with E-state index in [1.54, 1.807) is 0 Å². The van der Waals surface area contributed by atoms with Crippen LogP contribution >= 0.6 is 0 Å². The van der Waals surface area contributed by atoms with Crippen LogP contribution in [0.5, 0.6) is 0 Å². The molecule has 1 atom stereocenters. The van der Waals surface area contributed by atoms with E-state index in [1.807, 2.05) is 0 Å². The zero-order valence-electron chi connectivity index (χ0n) is 12.0. The van der Waals surface area contributed by atoms with E-state index < -0.39 is 17.9 Å². The number of carbonyl (C=O) groups is 3. The third-order valence-electron chi connectivity index (χ3n) is 3.86. The largest absolute Gasteiger partial charge is 0.481 e. The SMILES string of the molecule is O=C(O)CC1C(=O)NCCN1C(=O)NCCN1CCCC1. The molecule has 0 aliphatic carbocycles. The minimum Gasteiger partial charge on any atom is -0.481 e. The van der Waals surface area contributed by atoms with E-state index in [0.717, 1.165) is 19.6 Å². The number of hydrogen-bond acceptors (Lipinski definition) is 4. The van der Waals surface area contributed by atoms with Gasteiger partial charge in [0.25, 0.3) is 0 Å². The van der Waals surface area contributed by atoms with Crippen molar-refractivity contribution < 1.29 is 19.5 Å². The second-order valence-electron chi connectivity index (χ2n) is 5.38. The number of rotatable bonds is 5. The molecule has 0 aromatic rings. The average Bonchev–Trinajstić information content (AvgIpc) is 2.93. The summed E-state index contributed by atoms with van der Waals surface area (Å²) >= 11 is 0. The van der Waals surface area contributed by atoms with Gasteiger partial charge in [0.2, 0.25) is 5.91 Å². The van der Waals surface area contributed by atoms with Crippen molar-refractivity contribution in [1.82, 2.24) is 20.4 Å². The molecule has 1 unspecified atom stereocenters. The Labute approximate surface area is 123 Å². The van der Waals surface area contributed by atoms with Crippen LogP contribution in [0.15, 0.2) is 0 Å². The molecule has 3 amide bonds. The highest BCUT2D eigenvalue weighted by molar-refractivity contribution is 5.91. The predicted octanol–water partition coefficient (Wildman–Crippen LogP) is -0.933. The van der Waals surface area contributed by atoms with Crippen molar-refractivity contribution in [1.29, 1.82) is 0 Å². The van der Waals surface area contributed by atoms with Crippen LogP contribution in [0.4, 0.5) is 4.79 Å². The lowest BCUT2D eigenvalue weighted by Crippen LogP contribution is -2.60. The first kappa shape index (κ1) is 15.6. The number of aliphatic carboxylic acids is 1. The number of piperazine rings is 1. The normalized spacial score (nSPS) is 23.0. The monoisotopic (exact) mass is 298 g/mol. The van der Waals surface area contributed by atoms with E-state index in [-0.39, 0.29) is 12.5 Å². The van der Waals surface area contributed by atoms with Gasteiger partial charge in [-0.2, -0.15) is 0 Å². The lowest BCUT2D eigenvalue weighted by atomic mass is 10.1. The average molecular weight is 298 g/mol. The summed E-state index contributed by atoms with van der Waals surface area (Å²) < 4.78 is 0. The molecule has 3 N–H and O–H groups in total. The first-order chi connectivity index (χ1) is 10.1. The van der Waals surface area contributed by atoms with E-state index in [2.05, 4.69) is 15.5 Å².